The molecule has 0 bridgehead atoms. The summed E-state index contributed by atoms with van der Waals surface area (Å²) < 4.78 is 6.10. The van der Waals surface area contributed by atoms with Crippen LogP contribution < -0.4 is 15.1 Å². The number of ether oxygens (including phenoxy) is 1. The molecule has 220 valence electrons. The summed E-state index contributed by atoms with van der Waals surface area (Å²) in [7, 11) is 2.19. The molecule has 1 aliphatic heterocycles. The van der Waals surface area contributed by atoms with E-state index in [-0.39, 0.29) is 18.5 Å². The van der Waals surface area contributed by atoms with Gasteiger partial charge in [-0.3, -0.25) is 10.2 Å². The molecule has 0 amide bonds. The van der Waals surface area contributed by atoms with Crippen LogP contribution in [0.5, 0.6) is 5.75 Å². The molecule has 0 spiro atoms. The van der Waals surface area contributed by atoms with Crippen LogP contribution >= 0.6 is 11.3 Å². The number of nitrogens with one attached hydrogen (secondary N) is 2. The molecule has 8 nitrogen and oxygen atoms in total. The number of rotatable bonds is 13. The van der Waals surface area contributed by atoms with Crippen LogP contribution in [0.2, 0.25) is 0 Å². The van der Waals surface area contributed by atoms with Gasteiger partial charge in [0.25, 0.3) is 0 Å². The zero-order valence-electron chi connectivity index (χ0n) is 24.1. The molecule has 1 saturated heterocycles. The van der Waals surface area contributed by atoms with E-state index in [0.29, 0.717) is 19.4 Å². The largest absolute Gasteiger partial charge is 0.488 e. The van der Waals surface area contributed by atoms with Gasteiger partial charge < -0.3 is 19.6 Å². The number of aliphatic hydroxyl groups excluding tert-OH is 1. The fourth-order valence-electron chi connectivity index (χ4n) is 5.55. The maximum Gasteiger partial charge on any atom is 0.186 e. The first kappa shape index (κ1) is 29.5. The van der Waals surface area contributed by atoms with Crippen LogP contribution in [0, 0.1) is 11.3 Å². The summed E-state index contributed by atoms with van der Waals surface area (Å²) in [6.45, 7) is 4.55. The number of hydrogen-bond acceptors (Lipinski definition) is 8. The van der Waals surface area contributed by atoms with E-state index in [1.807, 2.05) is 53.8 Å². The van der Waals surface area contributed by atoms with Crippen molar-refractivity contribution in [3.05, 3.63) is 65.0 Å². The highest BCUT2D eigenvalue weighted by Crippen LogP contribution is 2.38. The number of anilines is 1. The van der Waals surface area contributed by atoms with Crippen molar-refractivity contribution in [2.75, 3.05) is 51.3 Å². The van der Waals surface area contributed by atoms with E-state index in [1.54, 1.807) is 0 Å². The number of hydroxylamine groups is 1. The second kappa shape index (κ2) is 14.8. The lowest BCUT2D eigenvalue weighted by Crippen LogP contribution is -2.44. The maximum atomic E-state index is 9.90. The zero-order valence-corrected chi connectivity index (χ0v) is 24.9. The number of thiazole rings is 1. The lowest BCUT2D eigenvalue weighted by atomic mass is 10.0. The van der Waals surface area contributed by atoms with Crippen LogP contribution in [-0.4, -0.2) is 73.4 Å². The summed E-state index contributed by atoms with van der Waals surface area (Å²) in [6, 6.07) is 17.6. The Hall–Kier alpha value is -2.98. The number of aromatic nitrogens is 1. The van der Waals surface area contributed by atoms with Crippen molar-refractivity contribution in [2.24, 2.45) is 5.92 Å². The van der Waals surface area contributed by atoms with E-state index in [0.717, 1.165) is 66.2 Å². The monoisotopic (exact) mass is 577 g/mol. The molecule has 1 aromatic heterocycles. The first-order chi connectivity index (χ1) is 20.1. The molecule has 3 N–H and O–H groups in total. The number of nitrogens with zero attached hydrogens (tertiary/aromatic N) is 3. The highest BCUT2D eigenvalue weighted by molar-refractivity contribution is 7.16. The topological polar surface area (TPSA) is 93.9 Å². The number of hydrogen-bond donors (Lipinski definition) is 3. The average molecular weight is 578 g/mol. The third-order valence-electron chi connectivity index (χ3n) is 8.05. The molecule has 0 radical (unpaired) electrons. The summed E-state index contributed by atoms with van der Waals surface area (Å²) in [6.07, 6.45) is 7.48. The molecular weight excluding hydrogens is 534 g/mol. The number of amidine groups is 1. The summed E-state index contributed by atoms with van der Waals surface area (Å²) in [5, 5.41) is 19.1. The minimum Gasteiger partial charge on any atom is -0.488 e. The molecule has 41 heavy (non-hydrogen) atoms. The summed E-state index contributed by atoms with van der Waals surface area (Å²) >= 11 is 1.88. The second-order valence-electron chi connectivity index (χ2n) is 11.2. The van der Waals surface area contributed by atoms with Crippen molar-refractivity contribution in [2.45, 2.75) is 51.0 Å². The minimum absolute atomic E-state index is 0.0684. The van der Waals surface area contributed by atoms with E-state index in [4.69, 9.17) is 20.0 Å². The number of piperazine rings is 1. The van der Waals surface area contributed by atoms with Crippen molar-refractivity contribution in [1.29, 1.82) is 5.41 Å². The van der Waals surface area contributed by atoms with Crippen molar-refractivity contribution in [3.8, 4) is 17.0 Å². The van der Waals surface area contributed by atoms with Gasteiger partial charge in [-0.25, -0.2) is 10.5 Å². The molecule has 2 heterocycles. The van der Waals surface area contributed by atoms with Gasteiger partial charge >= 0.3 is 0 Å². The molecule has 2 aliphatic rings. The summed E-state index contributed by atoms with van der Waals surface area (Å²) in [5.41, 5.74) is 5.70. The standard InChI is InChI=1S/C32H43N5O3S/c1-36-17-19-37(20-18-36)32-34-30(29(41-32)22-24-8-5-6-9-24)25-13-15-27(16-14-25)40-28(23-38)12-7-21-39-35-31(33)26-10-3-2-4-11-26/h2-4,10-11,13-16,24,28,38H,5-9,12,17-23H2,1H3,(H2,33,35). The summed E-state index contributed by atoms with van der Waals surface area (Å²) in [5.74, 6) is 1.73. The Bertz CT molecular complexity index is 1220. The normalized spacial score (nSPS) is 17.1. The Labute approximate surface area is 247 Å². The SMILES string of the molecule is CN1CCN(c2nc(-c3ccc(OC(CO)CCCONC(=N)c4ccccc4)cc3)c(CC3CCCC3)s2)CC1. The van der Waals surface area contributed by atoms with Gasteiger partial charge in [-0.15, -0.1) is 11.3 Å². The molecule has 2 fully saturated rings. The molecular formula is C32H43N5O3S. The average Bonchev–Trinajstić information content (AvgIpc) is 3.68. The summed E-state index contributed by atoms with van der Waals surface area (Å²) in [4.78, 5) is 16.9. The van der Waals surface area contributed by atoms with Gasteiger partial charge in [0.2, 0.25) is 0 Å². The molecule has 1 aliphatic carbocycles. The van der Waals surface area contributed by atoms with Gasteiger partial charge in [0.15, 0.2) is 5.13 Å². The van der Waals surface area contributed by atoms with Gasteiger partial charge in [0, 0.05) is 42.2 Å². The molecule has 5 rings (SSSR count). The third-order valence-corrected chi connectivity index (χ3v) is 9.19. The van der Waals surface area contributed by atoms with Crippen LogP contribution in [-0.2, 0) is 11.3 Å². The van der Waals surface area contributed by atoms with Crippen molar-refractivity contribution in [3.63, 3.8) is 0 Å². The van der Waals surface area contributed by atoms with Crippen LogP contribution in [0.1, 0.15) is 49.0 Å². The quantitative estimate of drug-likeness (QED) is 0.109. The fraction of sp³-hybridized carbons (Fsp3) is 0.500. The smallest absolute Gasteiger partial charge is 0.186 e. The molecule has 1 unspecified atom stereocenters. The highest BCUT2D eigenvalue weighted by Gasteiger charge is 2.24. The third kappa shape index (κ3) is 8.29. The highest BCUT2D eigenvalue weighted by atomic mass is 32.1. The van der Waals surface area contributed by atoms with Crippen LogP contribution in [0.25, 0.3) is 11.3 Å². The number of aliphatic hydroxyl groups is 1. The van der Waals surface area contributed by atoms with Crippen LogP contribution in [0.4, 0.5) is 5.13 Å². The molecule has 2 aromatic carbocycles. The van der Waals surface area contributed by atoms with Gasteiger partial charge in [-0.2, -0.15) is 0 Å². The van der Waals surface area contributed by atoms with Crippen molar-refractivity contribution in [1.82, 2.24) is 15.4 Å². The maximum absolute atomic E-state index is 9.90. The fourth-order valence-corrected chi connectivity index (χ4v) is 6.80. The molecule has 1 atom stereocenters. The minimum atomic E-state index is -0.320. The van der Waals surface area contributed by atoms with E-state index in [2.05, 4.69) is 34.5 Å². The van der Waals surface area contributed by atoms with Crippen LogP contribution in [0.15, 0.2) is 54.6 Å². The van der Waals surface area contributed by atoms with Crippen LogP contribution in [0.3, 0.4) is 0 Å². The molecule has 3 aromatic rings. The Balaban J connectivity index is 1.16. The first-order valence-corrected chi connectivity index (χ1v) is 15.7. The predicted molar refractivity (Wildman–Crippen MR) is 166 cm³/mol. The Kier molecular flexibility index (Phi) is 10.6. The van der Waals surface area contributed by atoms with Gasteiger partial charge in [-0.05, 0) is 56.5 Å². The van der Waals surface area contributed by atoms with E-state index >= 15 is 0 Å². The predicted octanol–water partition coefficient (Wildman–Crippen LogP) is 5.36. The van der Waals surface area contributed by atoms with Crippen molar-refractivity contribution < 1.29 is 14.7 Å². The van der Waals surface area contributed by atoms with Gasteiger partial charge in [0.1, 0.15) is 17.7 Å². The molecule has 1 saturated carbocycles. The number of benzene rings is 2. The van der Waals surface area contributed by atoms with Gasteiger partial charge in [0.05, 0.1) is 18.9 Å². The van der Waals surface area contributed by atoms with Crippen molar-refractivity contribution >= 4 is 22.3 Å². The van der Waals surface area contributed by atoms with Gasteiger partial charge in [-0.1, -0.05) is 56.0 Å². The Morgan fingerprint density at radius 2 is 1.80 bits per heavy atom. The Morgan fingerprint density at radius 3 is 2.51 bits per heavy atom. The first-order valence-electron chi connectivity index (χ1n) is 14.9. The number of likely N-dealkylation sites (N-methyl/N-ethyl adjacent to an activating group) is 1. The lowest BCUT2D eigenvalue weighted by molar-refractivity contribution is 0.0615. The molecule has 9 heteroatoms. The van der Waals surface area contributed by atoms with E-state index in [9.17, 15) is 5.11 Å². The van der Waals surface area contributed by atoms with E-state index in [1.165, 1.54) is 30.6 Å². The van der Waals surface area contributed by atoms with E-state index < -0.39 is 0 Å². The lowest BCUT2D eigenvalue weighted by Gasteiger charge is -2.32. The second-order valence-corrected chi connectivity index (χ2v) is 12.3. The zero-order chi connectivity index (χ0) is 28.4. The Morgan fingerprint density at radius 1 is 1.07 bits per heavy atom.